The average molecular weight is 377 g/mol. The van der Waals surface area contributed by atoms with Crippen molar-refractivity contribution in [1.82, 2.24) is 9.97 Å². The minimum atomic E-state index is -4.49. The molecule has 0 saturated heterocycles. The van der Waals surface area contributed by atoms with Crippen molar-refractivity contribution in [3.63, 3.8) is 0 Å². The highest BCUT2D eigenvalue weighted by molar-refractivity contribution is 6.00. The lowest BCUT2D eigenvalue weighted by Gasteiger charge is -2.32. The van der Waals surface area contributed by atoms with E-state index < -0.39 is 28.9 Å². The van der Waals surface area contributed by atoms with Gasteiger partial charge in [-0.3, -0.25) is 19.6 Å². The zero-order valence-corrected chi connectivity index (χ0v) is 13.9. The van der Waals surface area contributed by atoms with Gasteiger partial charge < -0.3 is 5.32 Å². The smallest absolute Gasteiger partial charge is 0.344 e. The number of halogens is 3. The second kappa shape index (κ2) is 5.97. The van der Waals surface area contributed by atoms with Gasteiger partial charge in [0.25, 0.3) is 5.56 Å². The minimum Gasteiger partial charge on any atom is -0.344 e. The van der Waals surface area contributed by atoms with E-state index in [-0.39, 0.29) is 17.2 Å². The fraction of sp³-hybridized carbons (Fsp3) is 0.278. The van der Waals surface area contributed by atoms with Gasteiger partial charge in [0.2, 0.25) is 0 Å². The Kier molecular flexibility index (Phi) is 3.83. The summed E-state index contributed by atoms with van der Waals surface area (Å²) in [4.78, 5) is 41.3. The molecule has 1 atom stereocenters. The number of alkyl halides is 3. The molecule has 2 aromatic rings. The molecule has 0 fully saturated rings. The molecule has 1 unspecified atom stereocenters. The van der Waals surface area contributed by atoms with Crippen LogP contribution in [0.1, 0.15) is 41.9 Å². The molecule has 9 heteroatoms. The number of aromatic amines is 2. The normalized spacial score (nSPS) is 19.4. The standard InChI is InChI=1S/C18H14F3N3O3/c19-18(20,21)9-6-4-8(5-7-9)12-13-10(2-1-3-11(13)25)22-15-14(12)16(26)24-17(27)23-15/h4-7,12H,1-3H2,(H3,22,23,24,26,27). The summed E-state index contributed by atoms with van der Waals surface area (Å²) >= 11 is 0. The third-order valence-corrected chi connectivity index (χ3v) is 4.86. The van der Waals surface area contributed by atoms with Crippen LogP contribution in [0.25, 0.3) is 0 Å². The Morgan fingerprint density at radius 1 is 0.963 bits per heavy atom. The van der Waals surface area contributed by atoms with Gasteiger partial charge in [-0.05, 0) is 30.5 Å². The molecule has 1 aromatic carbocycles. The van der Waals surface area contributed by atoms with Crippen LogP contribution in [0, 0.1) is 0 Å². The number of allylic oxidation sites excluding steroid dienone is 2. The van der Waals surface area contributed by atoms with Crippen LogP contribution in [0.3, 0.4) is 0 Å². The lowest BCUT2D eigenvalue weighted by molar-refractivity contribution is -0.137. The summed E-state index contributed by atoms with van der Waals surface area (Å²) in [5, 5.41) is 2.95. The van der Waals surface area contributed by atoms with Gasteiger partial charge in [-0.15, -0.1) is 0 Å². The molecule has 0 amide bonds. The molecule has 1 aliphatic heterocycles. The van der Waals surface area contributed by atoms with E-state index in [4.69, 9.17) is 0 Å². The molecule has 2 heterocycles. The third kappa shape index (κ3) is 2.88. The number of nitrogens with one attached hydrogen (secondary N) is 3. The van der Waals surface area contributed by atoms with Crippen molar-refractivity contribution in [1.29, 1.82) is 0 Å². The number of H-pyrrole nitrogens is 2. The van der Waals surface area contributed by atoms with E-state index in [9.17, 15) is 27.6 Å². The molecule has 0 saturated carbocycles. The lowest BCUT2D eigenvalue weighted by Crippen LogP contribution is -2.36. The van der Waals surface area contributed by atoms with Crippen molar-refractivity contribution in [3.8, 4) is 0 Å². The van der Waals surface area contributed by atoms with Crippen molar-refractivity contribution in [3.05, 3.63) is 73.1 Å². The minimum absolute atomic E-state index is 0.114. The fourth-order valence-electron chi connectivity index (χ4n) is 3.69. The van der Waals surface area contributed by atoms with E-state index in [0.717, 1.165) is 12.1 Å². The average Bonchev–Trinajstić information content (AvgIpc) is 2.59. The van der Waals surface area contributed by atoms with Crippen molar-refractivity contribution in [2.24, 2.45) is 0 Å². The Balaban J connectivity index is 1.93. The van der Waals surface area contributed by atoms with Gasteiger partial charge in [0.1, 0.15) is 5.82 Å². The van der Waals surface area contributed by atoms with Crippen LogP contribution in [0.2, 0.25) is 0 Å². The number of hydrogen-bond donors (Lipinski definition) is 3. The monoisotopic (exact) mass is 377 g/mol. The van der Waals surface area contributed by atoms with E-state index in [1.165, 1.54) is 12.1 Å². The fourth-order valence-corrected chi connectivity index (χ4v) is 3.69. The third-order valence-electron chi connectivity index (χ3n) is 4.86. The molecule has 0 radical (unpaired) electrons. The molecule has 3 N–H and O–H groups in total. The molecule has 6 nitrogen and oxygen atoms in total. The van der Waals surface area contributed by atoms with Crippen LogP contribution < -0.4 is 16.6 Å². The van der Waals surface area contributed by atoms with Crippen LogP contribution in [-0.2, 0) is 11.0 Å². The number of Topliss-reactive ketones (excluding diaryl/α,β-unsaturated/α-hetero) is 1. The topological polar surface area (TPSA) is 94.8 Å². The molecule has 0 bridgehead atoms. The van der Waals surface area contributed by atoms with Gasteiger partial charge in [0, 0.05) is 23.6 Å². The van der Waals surface area contributed by atoms with Crippen molar-refractivity contribution in [2.45, 2.75) is 31.4 Å². The number of aromatic nitrogens is 2. The van der Waals surface area contributed by atoms with Crippen LogP contribution >= 0.6 is 0 Å². The van der Waals surface area contributed by atoms with Gasteiger partial charge in [-0.2, -0.15) is 13.2 Å². The predicted molar refractivity (Wildman–Crippen MR) is 90.5 cm³/mol. The summed E-state index contributed by atoms with van der Waals surface area (Å²) in [7, 11) is 0. The Morgan fingerprint density at radius 2 is 1.67 bits per heavy atom. The lowest BCUT2D eigenvalue weighted by atomic mass is 9.76. The number of ketones is 1. The number of anilines is 1. The molecule has 4 rings (SSSR count). The van der Waals surface area contributed by atoms with Gasteiger partial charge >= 0.3 is 11.9 Å². The van der Waals surface area contributed by atoms with Crippen LogP contribution in [0.4, 0.5) is 19.0 Å². The predicted octanol–water partition coefficient (Wildman–Crippen LogP) is 2.65. The first-order valence-corrected chi connectivity index (χ1v) is 8.32. The quantitative estimate of drug-likeness (QED) is 0.712. The highest BCUT2D eigenvalue weighted by Gasteiger charge is 2.38. The number of carbonyl (C=O) groups is 1. The number of benzene rings is 1. The first-order chi connectivity index (χ1) is 12.8. The van der Waals surface area contributed by atoms with Crippen LogP contribution in [-0.4, -0.2) is 15.8 Å². The maximum absolute atomic E-state index is 12.9. The van der Waals surface area contributed by atoms with Crippen molar-refractivity contribution in [2.75, 3.05) is 5.32 Å². The zero-order chi connectivity index (χ0) is 19.3. The number of fused-ring (bicyclic) bond motifs is 1. The molecule has 140 valence electrons. The van der Waals surface area contributed by atoms with Gasteiger partial charge in [0.15, 0.2) is 5.78 Å². The Bertz CT molecular complexity index is 1080. The molecule has 1 aromatic heterocycles. The Morgan fingerprint density at radius 3 is 2.33 bits per heavy atom. The van der Waals surface area contributed by atoms with E-state index >= 15 is 0 Å². The van der Waals surface area contributed by atoms with Crippen molar-refractivity contribution >= 4 is 11.6 Å². The van der Waals surface area contributed by atoms with E-state index in [1.54, 1.807) is 0 Å². The number of carbonyl (C=O) groups excluding carboxylic acids is 1. The van der Waals surface area contributed by atoms with Crippen LogP contribution in [0.15, 0.2) is 45.1 Å². The summed E-state index contributed by atoms with van der Waals surface area (Å²) in [6.07, 6.45) is -3.02. The van der Waals surface area contributed by atoms with E-state index in [2.05, 4.69) is 15.3 Å². The van der Waals surface area contributed by atoms with E-state index in [1.807, 2.05) is 0 Å². The Labute approximate surface area is 150 Å². The summed E-state index contributed by atoms with van der Waals surface area (Å²) < 4.78 is 38.6. The molecule has 2 aliphatic rings. The van der Waals surface area contributed by atoms with E-state index in [0.29, 0.717) is 36.1 Å². The maximum atomic E-state index is 12.9. The molecule has 0 spiro atoms. The second-order valence-corrected chi connectivity index (χ2v) is 6.54. The van der Waals surface area contributed by atoms with Crippen LogP contribution in [0.5, 0.6) is 0 Å². The summed E-state index contributed by atoms with van der Waals surface area (Å²) in [5.41, 5.74) is -0.759. The molecule has 27 heavy (non-hydrogen) atoms. The van der Waals surface area contributed by atoms with Gasteiger partial charge in [-0.25, -0.2) is 4.79 Å². The second-order valence-electron chi connectivity index (χ2n) is 6.54. The van der Waals surface area contributed by atoms with Gasteiger partial charge in [0.05, 0.1) is 11.1 Å². The highest BCUT2D eigenvalue weighted by atomic mass is 19.4. The Hall–Kier alpha value is -3.10. The largest absolute Gasteiger partial charge is 0.416 e. The summed E-state index contributed by atoms with van der Waals surface area (Å²) in [6.45, 7) is 0. The van der Waals surface area contributed by atoms with Crippen molar-refractivity contribution < 1.29 is 18.0 Å². The maximum Gasteiger partial charge on any atom is 0.416 e. The summed E-state index contributed by atoms with van der Waals surface area (Å²) in [6, 6.07) is 4.37. The molecular weight excluding hydrogens is 363 g/mol. The van der Waals surface area contributed by atoms with Gasteiger partial charge in [-0.1, -0.05) is 12.1 Å². The first-order valence-electron chi connectivity index (χ1n) is 8.32. The summed E-state index contributed by atoms with van der Waals surface area (Å²) in [5.74, 6) is -0.834. The number of rotatable bonds is 1. The molecule has 1 aliphatic carbocycles. The highest BCUT2D eigenvalue weighted by Crippen LogP contribution is 2.43. The molecular formula is C18H14F3N3O3. The SMILES string of the molecule is O=C1CCCC2=C1C(c1ccc(C(F)(F)F)cc1)c1c([nH]c(=O)[nH]c1=O)N2. The zero-order valence-electron chi connectivity index (χ0n) is 13.9. The number of hydrogen-bond acceptors (Lipinski definition) is 4. The first kappa shape index (κ1) is 17.3.